The average Bonchev–Trinajstić information content (AvgIpc) is 3.31. The van der Waals surface area contributed by atoms with Crippen LogP contribution in [0.15, 0.2) is 46.9 Å². The number of nitrogens with zero attached hydrogens (tertiary/aromatic N) is 2. The molecule has 134 valence electrons. The summed E-state index contributed by atoms with van der Waals surface area (Å²) < 4.78 is 5.70. The minimum absolute atomic E-state index is 0.274. The lowest BCUT2D eigenvalue weighted by Crippen LogP contribution is -2.28. The van der Waals surface area contributed by atoms with E-state index in [2.05, 4.69) is 20.5 Å². The van der Waals surface area contributed by atoms with Crippen LogP contribution >= 0.6 is 0 Å². The summed E-state index contributed by atoms with van der Waals surface area (Å²) in [6, 6.07) is 13.3. The Morgan fingerprint density at radius 1 is 1.19 bits per heavy atom. The summed E-state index contributed by atoms with van der Waals surface area (Å²) in [5.41, 5.74) is 2.35. The Labute approximate surface area is 152 Å². The topological polar surface area (TPSA) is 70.4 Å². The van der Waals surface area contributed by atoms with Crippen molar-refractivity contribution in [1.29, 1.82) is 0 Å². The molecule has 1 fully saturated rings. The second-order valence-electron chi connectivity index (χ2n) is 6.55. The number of rotatable bonds is 4. The fourth-order valence-corrected chi connectivity index (χ4v) is 3.26. The Balaban J connectivity index is 1.36. The van der Waals surface area contributed by atoms with Gasteiger partial charge in [-0.1, -0.05) is 18.2 Å². The van der Waals surface area contributed by atoms with Gasteiger partial charge in [0.1, 0.15) is 17.2 Å². The maximum Gasteiger partial charge on any atom is 0.319 e. The predicted octanol–water partition coefficient (Wildman–Crippen LogP) is 4.06. The number of nitrogens with one attached hydrogen (secondary N) is 2. The van der Waals surface area contributed by atoms with Crippen molar-refractivity contribution in [3.8, 4) is 0 Å². The minimum atomic E-state index is -0.274. The van der Waals surface area contributed by atoms with Crippen molar-refractivity contribution in [3.63, 3.8) is 0 Å². The number of benzene rings is 1. The van der Waals surface area contributed by atoms with E-state index in [4.69, 9.17) is 4.42 Å². The second kappa shape index (κ2) is 7.07. The molecule has 1 saturated heterocycles. The van der Waals surface area contributed by atoms with Crippen molar-refractivity contribution in [2.45, 2.75) is 26.3 Å². The van der Waals surface area contributed by atoms with Gasteiger partial charge >= 0.3 is 6.03 Å². The van der Waals surface area contributed by atoms with Gasteiger partial charge in [-0.15, -0.1) is 0 Å². The van der Waals surface area contributed by atoms with Crippen LogP contribution < -0.4 is 15.5 Å². The van der Waals surface area contributed by atoms with Gasteiger partial charge in [0.15, 0.2) is 0 Å². The highest BCUT2D eigenvalue weighted by molar-refractivity contribution is 5.90. The molecule has 2 amide bonds. The molecule has 0 aliphatic carbocycles. The van der Waals surface area contributed by atoms with Gasteiger partial charge in [0, 0.05) is 18.5 Å². The van der Waals surface area contributed by atoms with Crippen LogP contribution in [0.2, 0.25) is 0 Å². The molecule has 2 N–H and O–H groups in total. The van der Waals surface area contributed by atoms with Crippen molar-refractivity contribution in [1.82, 2.24) is 10.3 Å². The number of fused-ring (bicyclic) bond motifs is 1. The summed E-state index contributed by atoms with van der Waals surface area (Å²) in [7, 11) is 0. The van der Waals surface area contributed by atoms with Crippen LogP contribution in [0.5, 0.6) is 0 Å². The van der Waals surface area contributed by atoms with Crippen LogP contribution in [0.25, 0.3) is 11.0 Å². The van der Waals surface area contributed by atoms with Crippen LogP contribution in [0.1, 0.15) is 24.3 Å². The molecule has 0 atom stereocenters. The predicted molar refractivity (Wildman–Crippen MR) is 102 cm³/mol. The fraction of sp³-hybridized carbons (Fsp3) is 0.300. The zero-order chi connectivity index (χ0) is 17.9. The first-order chi connectivity index (χ1) is 12.7. The largest absolute Gasteiger partial charge is 0.459 e. The number of furan rings is 1. The van der Waals surface area contributed by atoms with Crippen LogP contribution in [0, 0.1) is 6.92 Å². The van der Waals surface area contributed by atoms with Crippen molar-refractivity contribution in [2.24, 2.45) is 0 Å². The summed E-state index contributed by atoms with van der Waals surface area (Å²) in [6.07, 6.45) is 2.43. The highest BCUT2D eigenvalue weighted by Gasteiger charge is 2.15. The maximum atomic E-state index is 12.2. The van der Waals surface area contributed by atoms with Gasteiger partial charge in [-0.05, 0) is 44.0 Å². The highest BCUT2D eigenvalue weighted by Crippen LogP contribution is 2.22. The Bertz CT molecular complexity index is 895. The summed E-state index contributed by atoms with van der Waals surface area (Å²) >= 11 is 0. The van der Waals surface area contributed by atoms with Gasteiger partial charge in [-0.2, -0.15) is 0 Å². The van der Waals surface area contributed by atoms with Crippen molar-refractivity contribution in [3.05, 3.63) is 53.9 Å². The number of pyridine rings is 1. The molecule has 4 rings (SSSR count). The smallest absolute Gasteiger partial charge is 0.319 e. The number of aromatic nitrogens is 1. The number of amides is 2. The van der Waals surface area contributed by atoms with E-state index >= 15 is 0 Å². The number of urea groups is 1. The number of carbonyl (C=O) groups excluding carboxylic acids is 1. The Morgan fingerprint density at radius 3 is 2.77 bits per heavy atom. The SMILES string of the molecule is Cc1nc(N2CCCC2)ccc1NC(=O)NCc1cc2ccccc2o1. The molecule has 0 unspecified atom stereocenters. The second-order valence-corrected chi connectivity index (χ2v) is 6.55. The maximum absolute atomic E-state index is 12.2. The van der Waals surface area contributed by atoms with Crippen LogP contribution in [0.3, 0.4) is 0 Å². The summed E-state index contributed by atoms with van der Waals surface area (Å²) in [4.78, 5) is 19.1. The molecule has 1 aliphatic heterocycles. The summed E-state index contributed by atoms with van der Waals surface area (Å²) in [6.45, 7) is 4.35. The molecule has 1 aromatic carbocycles. The monoisotopic (exact) mass is 350 g/mol. The minimum Gasteiger partial charge on any atom is -0.459 e. The van der Waals surface area contributed by atoms with E-state index in [1.54, 1.807) is 0 Å². The van der Waals surface area contributed by atoms with Gasteiger partial charge in [0.05, 0.1) is 17.9 Å². The third-order valence-electron chi connectivity index (χ3n) is 4.65. The Hall–Kier alpha value is -3.02. The zero-order valence-corrected chi connectivity index (χ0v) is 14.8. The molecule has 6 nitrogen and oxygen atoms in total. The normalized spacial score (nSPS) is 14.0. The van der Waals surface area contributed by atoms with E-state index < -0.39 is 0 Å². The number of anilines is 2. The number of para-hydroxylation sites is 1. The molecule has 0 radical (unpaired) electrons. The lowest BCUT2D eigenvalue weighted by atomic mass is 10.2. The van der Waals surface area contributed by atoms with Crippen LogP contribution in [-0.4, -0.2) is 24.1 Å². The highest BCUT2D eigenvalue weighted by atomic mass is 16.3. The van der Waals surface area contributed by atoms with E-state index in [1.165, 1.54) is 12.8 Å². The first-order valence-corrected chi connectivity index (χ1v) is 8.94. The van der Waals surface area contributed by atoms with E-state index in [9.17, 15) is 4.79 Å². The number of aryl methyl sites for hydroxylation is 1. The molecule has 2 aromatic heterocycles. The molecule has 6 heteroatoms. The standard InChI is InChI=1S/C20H22N4O2/c1-14-17(8-9-19(22-14)24-10-4-5-11-24)23-20(25)21-13-16-12-15-6-2-3-7-18(15)26-16/h2-3,6-9,12H,4-5,10-11,13H2,1H3,(H2,21,23,25). The zero-order valence-electron chi connectivity index (χ0n) is 14.8. The van der Waals surface area contributed by atoms with Crippen molar-refractivity contribution in [2.75, 3.05) is 23.3 Å². The molecule has 26 heavy (non-hydrogen) atoms. The van der Waals surface area contributed by atoms with Crippen molar-refractivity contribution >= 4 is 28.5 Å². The van der Waals surface area contributed by atoms with E-state index in [-0.39, 0.29) is 6.03 Å². The van der Waals surface area contributed by atoms with Gasteiger partial charge < -0.3 is 20.0 Å². The number of carbonyl (C=O) groups is 1. The average molecular weight is 350 g/mol. The molecular formula is C20H22N4O2. The van der Waals surface area contributed by atoms with Gasteiger partial charge in [0.25, 0.3) is 0 Å². The van der Waals surface area contributed by atoms with Gasteiger partial charge in [-0.3, -0.25) is 0 Å². The quantitative estimate of drug-likeness (QED) is 0.744. The lowest BCUT2D eigenvalue weighted by molar-refractivity contribution is 0.251. The molecule has 3 heterocycles. The summed E-state index contributed by atoms with van der Waals surface area (Å²) in [5.74, 6) is 1.70. The lowest BCUT2D eigenvalue weighted by Gasteiger charge is -2.18. The summed E-state index contributed by atoms with van der Waals surface area (Å²) in [5, 5.41) is 6.71. The fourth-order valence-electron chi connectivity index (χ4n) is 3.26. The third kappa shape index (κ3) is 3.49. The molecule has 0 bridgehead atoms. The molecule has 0 saturated carbocycles. The molecule has 1 aliphatic rings. The Kier molecular flexibility index (Phi) is 4.48. The van der Waals surface area contributed by atoms with Gasteiger partial charge in [0.2, 0.25) is 0 Å². The third-order valence-corrected chi connectivity index (χ3v) is 4.65. The van der Waals surface area contributed by atoms with Crippen LogP contribution in [0.4, 0.5) is 16.3 Å². The molecule has 3 aromatic rings. The molecular weight excluding hydrogens is 328 g/mol. The molecule has 0 spiro atoms. The van der Waals surface area contributed by atoms with Crippen molar-refractivity contribution < 1.29 is 9.21 Å². The first-order valence-electron chi connectivity index (χ1n) is 8.94. The van der Waals surface area contributed by atoms with E-state index in [1.807, 2.05) is 49.4 Å². The number of hydrogen-bond acceptors (Lipinski definition) is 4. The number of hydrogen-bond donors (Lipinski definition) is 2. The Morgan fingerprint density at radius 2 is 2.00 bits per heavy atom. The van der Waals surface area contributed by atoms with E-state index in [0.29, 0.717) is 6.54 Å². The van der Waals surface area contributed by atoms with E-state index in [0.717, 1.165) is 47.0 Å². The van der Waals surface area contributed by atoms with Gasteiger partial charge in [-0.25, -0.2) is 9.78 Å². The first kappa shape index (κ1) is 16.4. The van der Waals surface area contributed by atoms with Crippen LogP contribution in [-0.2, 0) is 6.54 Å².